The van der Waals surface area contributed by atoms with Gasteiger partial charge < -0.3 is 24.8 Å². The Morgan fingerprint density at radius 1 is 1.19 bits per heavy atom. The Morgan fingerprint density at radius 2 is 2.00 bits per heavy atom. The van der Waals surface area contributed by atoms with Crippen LogP contribution in [0.5, 0.6) is 11.5 Å². The molecule has 2 aliphatic heterocycles. The summed E-state index contributed by atoms with van der Waals surface area (Å²) in [6.45, 7) is 6.40. The number of rotatable bonds is 8. The molecule has 2 aromatic rings. The summed E-state index contributed by atoms with van der Waals surface area (Å²) in [6.07, 6.45) is 0.441. The van der Waals surface area contributed by atoms with Crippen LogP contribution in [0.1, 0.15) is 18.9 Å². The molecule has 2 N–H and O–H groups in total. The Balaban J connectivity index is 1.25. The van der Waals surface area contributed by atoms with Crippen LogP contribution < -0.4 is 14.8 Å². The molecule has 7 nitrogen and oxygen atoms in total. The molecule has 0 aromatic heterocycles. The van der Waals surface area contributed by atoms with Gasteiger partial charge in [0.15, 0.2) is 0 Å². The minimum atomic E-state index is -0.967. The van der Waals surface area contributed by atoms with E-state index >= 15 is 0 Å². The number of carbonyl (C=O) groups is 1. The van der Waals surface area contributed by atoms with Crippen molar-refractivity contribution in [2.45, 2.75) is 31.6 Å². The fraction of sp³-hybridized carbons (Fsp3) is 0.458. The van der Waals surface area contributed by atoms with Crippen LogP contribution in [-0.4, -0.2) is 72.0 Å². The second-order valence-electron chi connectivity index (χ2n) is 8.63. The number of ether oxygens (including phenoxy) is 2. The van der Waals surface area contributed by atoms with Gasteiger partial charge in [0.2, 0.25) is 0 Å². The van der Waals surface area contributed by atoms with Crippen LogP contribution in [0.3, 0.4) is 0 Å². The Hall–Kier alpha value is -2.48. The number of β-amino-alcohol motifs (C(OH)–C–C–N with tert-alkyl or cyclic N) is 1. The Labute approximate surface area is 193 Å². The van der Waals surface area contributed by atoms with Gasteiger partial charge in [0.05, 0.1) is 6.54 Å². The lowest BCUT2D eigenvalue weighted by molar-refractivity contribution is -0.0993. The van der Waals surface area contributed by atoms with Gasteiger partial charge >= 0.3 is 6.03 Å². The minimum absolute atomic E-state index is 0.0263. The Kier molecular flexibility index (Phi) is 7.08. The fourth-order valence-electron chi connectivity index (χ4n) is 4.22. The molecule has 2 amide bonds. The lowest BCUT2D eigenvalue weighted by Gasteiger charge is -2.42. The molecule has 172 valence electrons. The number of amides is 2. The van der Waals surface area contributed by atoms with Gasteiger partial charge in [0, 0.05) is 37.7 Å². The molecule has 0 spiro atoms. The van der Waals surface area contributed by atoms with E-state index in [1.165, 1.54) is 0 Å². The number of nitrogens with one attached hydrogen (secondary N) is 1. The van der Waals surface area contributed by atoms with Gasteiger partial charge in [-0.2, -0.15) is 0 Å². The number of carbonyl (C=O) groups excluding carboxylic acids is 1. The van der Waals surface area contributed by atoms with E-state index in [9.17, 15) is 9.90 Å². The van der Waals surface area contributed by atoms with Gasteiger partial charge in [-0.05, 0) is 49.2 Å². The van der Waals surface area contributed by atoms with E-state index in [2.05, 4.69) is 10.2 Å². The SMILES string of the molecule is C[C@]1(O)CN(Cc2ccc(OCCN3CCNC3=O)cc2)CC[C@@H]1Oc1cccc(Cl)c1. The number of aliphatic hydroxyl groups is 1. The number of hydrogen-bond donors (Lipinski definition) is 2. The standard InChI is InChI=1S/C24H30ClN3O4/c1-24(30)17-27(11-9-22(24)32-21-4-2-3-19(25)15-21)16-18-5-7-20(8-6-18)31-14-13-28-12-10-26-23(28)29/h2-8,15,22,30H,9-14,16-17H2,1H3,(H,26,29)/t22-,24-/m0/s1. The second-order valence-corrected chi connectivity index (χ2v) is 9.07. The number of likely N-dealkylation sites (tertiary alicyclic amines) is 1. The minimum Gasteiger partial charge on any atom is -0.492 e. The van der Waals surface area contributed by atoms with Gasteiger partial charge in [-0.15, -0.1) is 0 Å². The molecule has 2 aliphatic rings. The number of piperidine rings is 1. The smallest absolute Gasteiger partial charge is 0.317 e. The third-order valence-corrected chi connectivity index (χ3v) is 6.16. The molecule has 0 saturated carbocycles. The Bertz CT molecular complexity index is 922. The molecule has 8 heteroatoms. The first-order valence-electron chi connectivity index (χ1n) is 11.0. The summed E-state index contributed by atoms with van der Waals surface area (Å²) >= 11 is 6.04. The number of halogens is 1. The lowest BCUT2D eigenvalue weighted by Crippen LogP contribution is -2.56. The highest BCUT2D eigenvalue weighted by atomic mass is 35.5. The molecule has 0 radical (unpaired) electrons. The van der Waals surface area contributed by atoms with E-state index in [1.807, 2.05) is 43.3 Å². The fourth-order valence-corrected chi connectivity index (χ4v) is 4.40. The number of urea groups is 1. The van der Waals surface area contributed by atoms with Crippen molar-refractivity contribution in [3.63, 3.8) is 0 Å². The zero-order valence-electron chi connectivity index (χ0n) is 18.3. The third kappa shape index (κ3) is 5.85. The van der Waals surface area contributed by atoms with Crippen molar-refractivity contribution in [2.24, 2.45) is 0 Å². The topological polar surface area (TPSA) is 74.3 Å². The monoisotopic (exact) mass is 459 g/mol. The maximum absolute atomic E-state index is 11.5. The van der Waals surface area contributed by atoms with Gasteiger partial charge in [-0.25, -0.2) is 4.79 Å². The summed E-state index contributed by atoms with van der Waals surface area (Å²) in [6, 6.07) is 15.2. The van der Waals surface area contributed by atoms with E-state index < -0.39 is 5.60 Å². The Morgan fingerprint density at radius 3 is 2.69 bits per heavy atom. The predicted octanol–water partition coefficient (Wildman–Crippen LogP) is 3.15. The van der Waals surface area contributed by atoms with Crippen LogP contribution in [0.25, 0.3) is 0 Å². The van der Waals surface area contributed by atoms with Crippen molar-refractivity contribution >= 4 is 17.6 Å². The van der Waals surface area contributed by atoms with Gasteiger partial charge in [-0.3, -0.25) is 4.90 Å². The van der Waals surface area contributed by atoms with Crippen LogP contribution in [0, 0.1) is 0 Å². The van der Waals surface area contributed by atoms with Gasteiger partial charge in [-0.1, -0.05) is 29.8 Å². The quantitative estimate of drug-likeness (QED) is 0.634. The van der Waals surface area contributed by atoms with E-state index in [0.717, 1.165) is 37.4 Å². The summed E-state index contributed by atoms with van der Waals surface area (Å²) in [4.78, 5) is 15.5. The molecule has 2 atom stereocenters. The van der Waals surface area contributed by atoms with Crippen molar-refractivity contribution < 1.29 is 19.4 Å². The highest BCUT2D eigenvalue weighted by Crippen LogP contribution is 2.28. The van der Waals surface area contributed by atoms with Crippen molar-refractivity contribution in [3.8, 4) is 11.5 Å². The first-order chi connectivity index (χ1) is 15.4. The highest BCUT2D eigenvalue weighted by molar-refractivity contribution is 6.30. The van der Waals surface area contributed by atoms with Crippen LogP contribution in [0.2, 0.25) is 5.02 Å². The molecule has 2 saturated heterocycles. The van der Waals surface area contributed by atoms with Crippen molar-refractivity contribution in [3.05, 3.63) is 59.1 Å². The lowest BCUT2D eigenvalue weighted by atomic mass is 9.91. The molecule has 2 fully saturated rings. The van der Waals surface area contributed by atoms with Crippen molar-refractivity contribution in [1.29, 1.82) is 0 Å². The predicted molar refractivity (Wildman–Crippen MR) is 123 cm³/mol. The van der Waals surface area contributed by atoms with Crippen LogP contribution in [0.15, 0.2) is 48.5 Å². The maximum Gasteiger partial charge on any atom is 0.317 e. The van der Waals surface area contributed by atoms with Crippen LogP contribution in [-0.2, 0) is 6.54 Å². The molecule has 4 rings (SSSR count). The van der Waals surface area contributed by atoms with Crippen molar-refractivity contribution in [2.75, 3.05) is 39.3 Å². The zero-order chi connectivity index (χ0) is 22.6. The molecule has 32 heavy (non-hydrogen) atoms. The normalized spacial score (nSPS) is 23.8. The van der Waals surface area contributed by atoms with Crippen LogP contribution in [0.4, 0.5) is 4.79 Å². The first kappa shape index (κ1) is 22.7. The summed E-state index contributed by atoms with van der Waals surface area (Å²) in [5, 5.41) is 14.4. The summed E-state index contributed by atoms with van der Waals surface area (Å²) in [5.41, 5.74) is 0.187. The van der Waals surface area contributed by atoms with Gasteiger partial charge in [0.25, 0.3) is 0 Å². The van der Waals surface area contributed by atoms with E-state index in [1.54, 1.807) is 17.0 Å². The van der Waals surface area contributed by atoms with Crippen LogP contribution >= 0.6 is 11.6 Å². The van der Waals surface area contributed by atoms with Gasteiger partial charge in [0.1, 0.15) is 29.8 Å². The third-order valence-electron chi connectivity index (χ3n) is 5.92. The second kappa shape index (κ2) is 9.98. The van der Waals surface area contributed by atoms with E-state index in [-0.39, 0.29) is 12.1 Å². The molecule has 0 bridgehead atoms. The first-order valence-corrected chi connectivity index (χ1v) is 11.4. The number of nitrogens with zero attached hydrogens (tertiary/aromatic N) is 2. The van der Waals surface area contributed by atoms with E-state index in [4.69, 9.17) is 21.1 Å². The summed E-state index contributed by atoms with van der Waals surface area (Å²) < 4.78 is 11.8. The molecule has 2 heterocycles. The summed E-state index contributed by atoms with van der Waals surface area (Å²) in [7, 11) is 0. The van der Waals surface area contributed by atoms with E-state index in [0.29, 0.717) is 37.0 Å². The molecule has 0 unspecified atom stereocenters. The summed E-state index contributed by atoms with van der Waals surface area (Å²) in [5.74, 6) is 1.46. The molecular formula is C24H30ClN3O4. The van der Waals surface area contributed by atoms with Crippen molar-refractivity contribution in [1.82, 2.24) is 15.1 Å². The number of benzene rings is 2. The average Bonchev–Trinajstić information content (AvgIpc) is 3.16. The zero-order valence-corrected chi connectivity index (χ0v) is 19.1. The largest absolute Gasteiger partial charge is 0.492 e. The number of hydrogen-bond acceptors (Lipinski definition) is 5. The molecular weight excluding hydrogens is 430 g/mol. The maximum atomic E-state index is 11.5. The molecule has 2 aromatic carbocycles. The average molecular weight is 460 g/mol. The molecule has 0 aliphatic carbocycles. The highest BCUT2D eigenvalue weighted by Gasteiger charge is 2.39.